The van der Waals surface area contributed by atoms with Crippen molar-refractivity contribution in [2.45, 2.75) is 0 Å². The summed E-state index contributed by atoms with van der Waals surface area (Å²) in [5.41, 5.74) is 3.32. The molecule has 0 aliphatic heterocycles. The van der Waals surface area contributed by atoms with Gasteiger partial charge in [0.15, 0.2) is 6.61 Å². The first-order valence-corrected chi connectivity index (χ1v) is 6.38. The molecular formula is C16H12FN3O2. The quantitative estimate of drug-likeness (QED) is 0.679. The Bertz CT molecular complexity index is 721. The second kappa shape index (κ2) is 7.55. The molecule has 0 atom stereocenters. The Morgan fingerprint density at radius 3 is 2.77 bits per heavy atom. The highest BCUT2D eigenvalue weighted by Crippen LogP contribution is 2.11. The largest absolute Gasteiger partial charge is 0.484 e. The average molecular weight is 297 g/mol. The average Bonchev–Trinajstić information content (AvgIpc) is 2.53. The second-order valence-electron chi connectivity index (χ2n) is 4.27. The van der Waals surface area contributed by atoms with E-state index in [1.807, 2.05) is 6.07 Å². The van der Waals surface area contributed by atoms with E-state index >= 15 is 0 Å². The molecule has 0 unspecified atom stereocenters. The van der Waals surface area contributed by atoms with E-state index in [2.05, 4.69) is 10.5 Å². The summed E-state index contributed by atoms with van der Waals surface area (Å²) in [7, 11) is 0. The van der Waals surface area contributed by atoms with E-state index in [-0.39, 0.29) is 12.4 Å². The molecule has 5 nitrogen and oxygen atoms in total. The lowest BCUT2D eigenvalue weighted by Crippen LogP contribution is -2.24. The summed E-state index contributed by atoms with van der Waals surface area (Å²) in [5.74, 6) is -0.348. The molecule has 0 aliphatic rings. The van der Waals surface area contributed by atoms with Gasteiger partial charge in [0.25, 0.3) is 5.91 Å². The number of nitrogens with zero attached hydrogens (tertiary/aromatic N) is 2. The Kier molecular flexibility index (Phi) is 5.21. The van der Waals surface area contributed by atoms with E-state index in [9.17, 15) is 9.18 Å². The predicted molar refractivity (Wildman–Crippen MR) is 78.8 cm³/mol. The Hall–Kier alpha value is -3.20. The van der Waals surface area contributed by atoms with E-state index in [4.69, 9.17) is 10.00 Å². The molecule has 0 fully saturated rings. The van der Waals surface area contributed by atoms with Gasteiger partial charge in [-0.15, -0.1) is 0 Å². The number of nitrogens with one attached hydrogen (secondary N) is 1. The number of benzene rings is 2. The summed E-state index contributed by atoms with van der Waals surface area (Å²) < 4.78 is 18.2. The van der Waals surface area contributed by atoms with E-state index < -0.39 is 5.91 Å². The van der Waals surface area contributed by atoms with Crippen molar-refractivity contribution in [1.82, 2.24) is 5.43 Å². The lowest BCUT2D eigenvalue weighted by Gasteiger charge is -2.04. The van der Waals surface area contributed by atoms with Crippen LogP contribution >= 0.6 is 0 Å². The normalized spacial score (nSPS) is 10.2. The third kappa shape index (κ3) is 4.72. The van der Waals surface area contributed by atoms with Crippen molar-refractivity contribution in [1.29, 1.82) is 5.26 Å². The number of halogens is 1. The highest BCUT2D eigenvalue weighted by molar-refractivity contribution is 5.82. The molecule has 2 rings (SSSR count). The lowest BCUT2D eigenvalue weighted by molar-refractivity contribution is -0.123. The number of ether oxygens (including phenoxy) is 1. The van der Waals surface area contributed by atoms with Gasteiger partial charge < -0.3 is 4.74 Å². The highest BCUT2D eigenvalue weighted by Gasteiger charge is 2.01. The summed E-state index contributed by atoms with van der Waals surface area (Å²) in [6, 6.07) is 14.2. The van der Waals surface area contributed by atoms with Gasteiger partial charge in [-0.05, 0) is 42.0 Å². The van der Waals surface area contributed by atoms with Crippen molar-refractivity contribution in [3.8, 4) is 11.8 Å². The number of hydrogen-bond donors (Lipinski definition) is 1. The minimum absolute atomic E-state index is 0.216. The fraction of sp³-hybridized carbons (Fsp3) is 0.0625. The monoisotopic (exact) mass is 297 g/mol. The van der Waals surface area contributed by atoms with Crippen LogP contribution in [0, 0.1) is 17.1 Å². The van der Waals surface area contributed by atoms with Gasteiger partial charge in [-0.1, -0.05) is 12.1 Å². The van der Waals surface area contributed by atoms with Crippen molar-refractivity contribution in [2.24, 2.45) is 5.10 Å². The van der Waals surface area contributed by atoms with Gasteiger partial charge in [-0.3, -0.25) is 4.79 Å². The zero-order chi connectivity index (χ0) is 15.8. The van der Waals surface area contributed by atoms with Crippen LogP contribution < -0.4 is 10.2 Å². The minimum atomic E-state index is -0.447. The first kappa shape index (κ1) is 15.2. The summed E-state index contributed by atoms with van der Waals surface area (Å²) >= 11 is 0. The van der Waals surface area contributed by atoms with Crippen molar-refractivity contribution in [3.05, 3.63) is 65.5 Å². The standard InChI is InChI=1S/C16H12FN3O2/c17-14-3-1-2-13(8-14)10-19-20-16(21)11-22-15-6-4-12(9-18)5-7-15/h1-8,10H,11H2,(H,20,21). The molecule has 0 saturated heterocycles. The third-order valence-corrected chi connectivity index (χ3v) is 2.60. The fourth-order valence-corrected chi connectivity index (χ4v) is 1.57. The number of carbonyl (C=O) groups is 1. The fourth-order valence-electron chi connectivity index (χ4n) is 1.57. The topological polar surface area (TPSA) is 74.5 Å². The number of hydrazone groups is 1. The third-order valence-electron chi connectivity index (χ3n) is 2.60. The maximum atomic E-state index is 12.9. The smallest absolute Gasteiger partial charge is 0.277 e. The molecule has 110 valence electrons. The Morgan fingerprint density at radius 1 is 1.32 bits per heavy atom. The van der Waals surface area contributed by atoms with Gasteiger partial charge >= 0.3 is 0 Å². The van der Waals surface area contributed by atoms with Crippen LogP contribution in [0.4, 0.5) is 4.39 Å². The summed E-state index contributed by atoms with van der Waals surface area (Å²) in [6.07, 6.45) is 1.34. The summed E-state index contributed by atoms with van der Waals surface area (Å²) in [5, 5.41) is 12.4. The van der Waals surface area contributed by atoms with Gasteiger partial charge in [0, 0.05) is 0 Å². The molecule has 2 aromatic carbocycles. The molecule has 1 amide bonds. The molecule has 0 heterocycles. The molecule has 0 aliphatic carbocycles. The summed E-state index contributed by atoms with van der Waals surface area (Å²) in [4.78, 5) is 11.5. The SMILES string of the molecule is N#Cc1ccc(OCC(=O)NN=Cc2cccc(F)c2)cc1. The zero-order valence-corrected chi connectivity index (χ0v) is 11.5. The van der Waals surface area contributed by atoms with Gasteiger partial charge in [-0.2, -0.15) is 10.4 Å². The second-order valence-corrected chi connectivity index (χ2v) is 4.27. The van der Waals surface area contributed by atoms with Gasteiger partial charge in [0.05, 0.1) is 17.8 Å². The van der Waals surface area contributed by atoms with Crippen LogP contribution in [0.25, 0.3) is 0 Å². The van der Waals surface area contributed by atoms with Crippen LogP contribution in [0.3, 0.4) is 0 Å². The predicted octanol–water partition coefficient (Wildman–Crippen LogP) is 2.23. The van der Waals surface area contributed by atoms with E-state index in [1.54, 1.807) is 36.4 Å². The van der Waals surface area contributed by atoms with Crippen molar-refractivity contribution in [3.63, 3.8) is 0 Å². The van der Waals surface area contributed by atoms with Crippen LogP contribution in [0.2, 0.25) is 0 Å². The van der Waals surface area contributed by atoms with Crippen LogP contribution in [0.15, 0.2) is 53.6 Å². The Balaban J connectivity index is 1.79. The van der Waals surface area contributed by atoms with E-state index in [1.165, 1.54) is 18.3 Å². The van der Waals surface area contributed by atoms with Crippen LogP contribution in [-0.4, -0.2) is 18.7 Å². The number of nitriles is 1. The van der Waals surface area contributed by atoms with E-state index in [0.29, 0.717) is 16.9 Å². The van der Waals surface area contributed by atoms with Gasteiger partial charge in [0.2, 0.25) is 0 Å². The minimum Gasteiger partial charge on any atom is -0.484 e. The van der Waals surface area contributed by atoms with Crippen LogP contribution in [0.5, 0.6) is 5.75 Å². The molecular weight excluding hydrogens is 285 g/mol. The molecule has 0 aromatic heterocycles. The van der Waals surface area contributed by atoms with Crippen LogP contribution in [0.1, 0.15) is 11.1 Å². The Morgan fingerprint density at radius 2 is 2.09 bits per heavy atom. The highest BCUT2D eigenvalue weighted by atomic mass is 19.1. The number of carbonyl (C=O) groups excluding carboxylic acids is 1. The number of rotatable bonds is 5. The molecule has 1 N–H and O–H groups in total. The van der Waals surface area contributed by atoms with Crippen molar-refractivity contribution >= 4 is 12.1 Å². The van der Waals surface area contributed by atoms with Crippen molar-refractivity contribution < 1.29 is 13.9 Å². The molecule has 0 spiro atoms. The maximum Gasteiger partial charge on any atom is 0.277 e. The zero-order valence-electron chi connectivity index (χ0n) is 11.5. The molecule has 0 radical (unpaired) electrons. The molecule has 22 heavy (non-hydrogen) atoms. The number of amides is 1. The molecule has 0 saturated carbocycles. The number of hydrogen-bond acceptors (Lipinski definition) is 4. The summed E-state index contributed by atoms with van der Waals surface area (Å²) in [6.45, 7) is -0.216. The molecule has 6 heteroatoms. The lowest BCUT2D eigenvalue weighted by atomic mass is 10.2. The first-order chi connectivity index (χ1) is 10.7. The molecule has 2 aromatic rings. The maximum absolute atomic E-state index is 12.9. The molecule has 0 bridgehead atoms. The van der Waals surface area contributed by atoms with Gasteiger partial charge in [0.1, 0.15) is 11.6 Å². The van der Waals surface area contributed by atoms with Gasteiger partial charge in [-0.25, -0.2) is 9.82 Å². The van der Waals surface area contributed by atoms with Crippen LogP contribution in [-0.2, 0) is 4.79 Å². The first-order valence-electron chi connectivity index (χ1n) is 6.38. The van der Waals surface area contributed by atoms with E-state index in [0.717, 1.165) is 0 Å². The van der Waals surface area contributed by atoms with Crippen molar-refractivity contribution in [2.75, 3.05) is 6.61 Å². The Labute approximate surface area is 126 Å².